The second kappa shape index (κ2) is 4.66. The molecule has 0 saturated carbocycles. The molecule has 1 aromatic carbocycles. The second-order valence-electron chi connectivity index (χ2n) is 5.75. The van der Waals surface area contributed by atoms with Gasteiger partial charge in [-0.2, -0.15) is 4.98 Å². The molecule has 2 aliphatic rings. The number of nitrogens with zero attached hydrogens (tertiary/aromatic N) is 2. The van der Waals surface area contributed by atoms with Crippen LogP contribution in [-0.4, -0.2) is 22.2 Å². The molecule has 4 rings (SSSR count). The van der Waals surface area contributed by atoms with Crippen molar-refractivity contribution in [1.82, 2.24) is 15.5 Å². The summed E-state index contributed by atoms with van der Waals surface area (Å²) in [6, 6.07) is 7.62. The van der Waals surface area contributed by atoms with E-state index in [1.165, 1.54) is 25.0 Å². The lowest BCUT2D eigenvalue weighted by Crippen LogP contribution is -2.21. The Bertz CT molecular complexity index is 627. The van der Waals surface area contributed by atoms with Gasteiger partial charge in [-0.1, -0.05) is 17.3 Å². The fourth-order valence-electron chi connectivity index (χ4n) is 3.42. The molecule has 0 aliphatic carbocycles. The third-order valence-corrected chi connectivity index (χ3v) is 4.35. The number of benzene rings is 1. The normalized spacial score (nSPS) is 28.1. The molecule has 0 spiro atoms. The van der Waals surface area contributed by atoms with Gasteiger partial charge in [0.05, 0.1) is 5.92 Å². The van der Waals surface area contributed by atoms with E-state index < -0.39 is 0 Å². The van der Waals surface area contributed by atoms with E-state index in [1.807, 2.05) is 6.07 Å². The Morgan fingerprint density at radius 3 is 3.05 bits per heavy atom. The Morgan fingerprint density at radius 2 is 2.30 bits per heavy atom. The average Bonchev–Trinajstić information content (AvgIpc) is 3.13. The van der Waals surface area contributed by atoms with Gasteiger partial charge in [-0.25, -0.2) is 4.39 Å². The highest BCUT2D eigenvalue weighted by atomic mass is 19.1. The van der Waals surface area contributed by atoms with Crippen molar-refractivity contribution >= 4 is 0 Å². The molecule has 1 aromatic heterocycles. The number of aromatic nitrogens is 2. The van der Waals surface area contributed by atoms with Gasteiger partial charge in [0, 0.05) is 18.5 Å². The van der Waals surface area contributed by atoms with Crippen LogP contribution in [0.15, 0.2) is 28.8 Å². The first-order valence-electron chi connectivity index (χ1n) is 7.11. The van der Waals surface area contributed by atoms with Crippen LogP contribution in [0.1, 0.15) is 42.5 Å². The maximum atomic E-state index is 13.2. The smallest absolute Gasteiger partial charge is 0.231 e. The van der Waals surface area contributed by atoms with Crippen molar-refractivity contribution in [2.45, 2.75) is 43.7 Å². The van der Waals surface area contributed by atoms with Gasteiger partial charge in [-0.15, -0.1) is 0 Å². The van der Waals surface area contributed by atoms with Crippen LogP contribution in [-0.2, 0) is 6.42 Å². The van der Waals surface area contributed by atoms with Gasteiger partial charge in [-0.3, -0.25) is 0 Å². The maximum absolute atomic E-state index is 13.2. The first-order valence-corrected chi connectivity index (χ1v) is 7.11. The van der Waals surface area contributed by atoms with E-state index >= 15 is 0 Å². The molecule has 1 N–H and O–H groups in total. The fraction of sp³-hybridized carbons (Fsp3) is 0.467. The van der Waals surface area contributed by atoms with E-state index in [-0.39, 0.29) is 5.82 Å². The van der Waals surface area contributed by atoms with Gasteiger partial charge >= 0.3 is 0 Å². The number of rotatable bonds is 3. The zero-order valence-electron chi connectivity index (χ0n) is 11.1. The van der Waals surface area contributed by atoms with Crippen LogP contribution < -0.4 is 5.32 Å². The molecule has 20 heavy (non-hydrogen) atoms. The minimum atomic E-state index is -0.233. The molecule has 2 aromatic rings. The van der Waals surface area contributed by atoms with E-state index in [9.17, 15) is 4.39 Å². The largest absolute Gasteiger partial charge is 0.339 e. The number of hydrogen-bond donors (Lipinski definition) is 1. The van der Waals surface area contributed by atoms with Crippen molar-refractivity contribution in [2.75, 3.05) is 0 Å². The van der Waals surface area contributed by atoms with Crippen molar-refractivity contribution in [1.29, 1.82) is 0 Å². The Labute approximate surface area is 116 Å². The second-order valence-corrected chi connectivity index (χ2v) is 5.75. The summed E-state index contributed by atoms with van der Waals surface area (Å²) >= 11 is 0. The fourth-order valence-corrected chi connectivity index (χ4v) is 3.42. The molecular formula is C15H16FN3O. The van der Waals surface area contributed by atoms with Crippen LogP contribution in [0, 0.1) is 5.82 Å². The molecule has 2 saturated heterocycles. The summed E-state index contributed by atoms with van der Waals surface area (Å²) in [5, 5.41) is 7.60. The predicted molar refractivity (Wildman–Crippen MR) is 70.8 cm³/mol. The summed E-state index contributed by atoms with van der Waals surface area (Å²) in [5.74, 6) is 1.48. The van der Waals surface area contributed by atoms with Crippen molar-refractivity contribution in [3.05, 3.63) is 47.4 Å². The molecule has 4 nitrogen and oxygen atoms in total. The third kappa shape index (κ3) is 2.12. The van der Waals surface area contributed by atoms with Crippen molar-refractivity contribution < 1.29 is 8.91 Å². The molecule has 2 fully saturated rings. The number of hydrogen-bond acceptors (Lipinski definition) is 4. The van der Waals surface area contributed by atoms with Crippen molar-refractivity contribution in [3.8, 4) is 0 Å². The minimum Gasteiger partial charge on any atom is -0.339 e. The molecule has 5 heteroatoms. The maximum Gasteiger partial charge on any atom is 0.231 e. The molecule has 0 amide bonds. The van der Waals surface area contributed by atoms with Gasteiger partial charge in [0.2, 0.25) is 5.89 Å². The van der Waals surface area contributed by atoms with Crippen LogP contribution in [0.4, 0.5) is 4.39 Å². The molecule has 3 atom stereocenters. The highest BCUT2D eigenvalue weighted by molar-refractivity contribution is 5.20. The number of halogens is 1. The highest BCUT2D eigenvalue weighted by Gasteiger charge is 2.42. The molecule has 3 heterocycles. The molecular weight excluding hydrogens is 257 g/mol. The van der Waals surface area contributed by atoms with E-state index in [4.69, 9.17) is 4.52 Å². The predicted octanol–water partition coefficient (Wildman–Crippen LogP) is 2.41. The minimum absolute atomic E-state index is 0.233. The lowest BCUT2D eigenvalue weighted by molar-refractivity contribution is 0.327. The first-order chi connectivity index (χ1) is 9.78. The SMILES string of the molecule is Fc1cccc(Cc2noc(C3CC4CCC3N4)n2)c1. The van der Waals surface area contributed by atoms with E-state index in [0.717, 1.165) is 17.9 Å². The molecule has 0 radical (unpaired) electrons. The molecule has 2 aliphatic heterocycles. The summed E-state index contributed by atoms with van der Waals surface area (Å²) < 4.78 is 18.6. The van der Waals surface area contributed by atoms with Crippen molar-refractivity contribution in [2.24, 2.45) is 0 Å². The van der Waals surface area contributed by atoms with E-state index in [1.54, 1.807) is 6.07 Å². The summed E-state index contributed by atoms with van der Waals surface area (Å²) in [6.45, 7) is 0. The third-order valence-electron chi connectivity index (χ3n) is 4.35. The molecule has 3 unspecified atom stereocenters. The number of fused-ring (bicyclic) bond motifs is 2. The van der Waals surface area contributed by atoms with E-state index in [0.29, 0.717) is 30.2 Å². The Morgan fingerprint density at radius 1 is 1.35 bits per heavy atom. The summed E-state index contributed by atoms with van der Waals surface area (Å²) in [6.07, 6.45) is 4.05. The summed E-state index contributed by atoms with van der Waals surface area (Å²) in [7, 11) is 0. The van der Waals surface area contributed by atoms with Gasteiger partial charge in [0.25, 0.3) is 0 Å². The number of nitrogens with one attached hydrogen (secondary N) is 1. The Hall–Kier alpha value is -1.75. The van der Waals surface area contributed by atoms with Gasteiger partial charge in [0.1, 0.15) is 5.82 Å². The van der Waals surface area contributed by atoms with Crippen LogP contribution in [0.5, 0.6) is 0 Å². The lowest BCUT2D eigenvalue weighted by Gasteiger charge is -2.15. The lowest BCUT2D eigenvalue weighted by atomic mass is 9.89. The van der Waals surface area contributed by atoms with Gasteiger partial charge in [0.15, 0.2) is 5.82 Å². The topological polar surface area (TPSA) is 51.0 Å². The molecule has 2 bridgehead atoms. The Balaban J connectivity index is 1.51. The standard InChI is InChI=1S/C15H16FN3O/c16-10-3-1-2-9(6-10)7-14-18-15(20-19-14)12-8-11-4-5-13(12)17-11/h1-3,6,11-13,17H,4-5,7-8H2. The quantitative estimate of drug-likeness (QED) is 0.933. The zero-order valence-corrected chi connectivity index (χ0v) is 11.1. The van der Waals surface area contributed by atoms with Crippen LogP contribution >= 0.6 is 0 Å². The van der Waals surface area contributed by atoms with Crippen LogP contribution in [0.2, 0.25) is 0 Å². The Kier molecular flexibility index (Phi) is 2.80. The zero-order chi connectivity index (χ0) is 13.5. The monoisotopic (exact) mass is 273 g/mol. The van der Waals surface area contributed by atoms with Crippen LogP contribution in [0.3, 0.4) is 0 Å². The summed E-state index contributed by atoms with van der Waals surface area (Å²) in [5.41, 5.74) is 0.864. The van der Waals surface area contributed by atoms with Crippen LogP contribution in [0.25, 0.3) is 0 Å². The summed E-state index contributed by atoms with van der Waals surface area (Å²) in [4.78, 5) is 4.50. The van der Waals surface area contributed by atoms with Gasteiger partial charge in [-0.05, 0) is 37.0 Å². The van der Waals surface area contributed by atoms with Crippen molar-refractivity contribution in [3.63, 3.8) is 0 Å². The molecule has 104 valence electrons. The highest BCUT2D eigenvalue weighted by Crippen LogP contribution is 2.39. The van der Waals surface area contributed by atoms with Gasteiger partial charge < -0.3 is 9.84 Å². The first kappa shape index (κ1) is 12.0. The average molecular weight is 273 g/mol. The van der Waals surface area contributed by atoms with E-state index in [2.05, 4.69) is 15.5 Å².